The van der Waals surface area contributed by atoms with Gasteiger partial charge in [0, 0.05) is 11.0 Å². The SMILES string of the molecule is N=C(N)SCCc1ccc(C[C@@H](CC(=O)O)SC(=N)N)cc1. The number of benzene rings is 1. The molecule has 1 aromatic carbocycles. The summed E-state index contributed by atoms with van der Waals surface area (Å²) in [6.07, 6.45) is 1.35. The summed E-state index contributed by atoms with van der Waals surface area (Å²) in [5, 5.41) is 23.2. The number of nitrogens with two attached hydrogens (primary N) is 2. The fraction of sp³-hybridized carbons (Fsp3) is 0.357. The Labute approximate surface area is 138 Å². The fourth-order valence-electron chi connectivity index (χ4n) is 1.91. The van der Waals surface area contributed by atoms with E-state index in [1.165, 1.54) is 11.8 Å². The van der Waals surface area contributed by atoms with Crippen LogP contribution in [0.25, 0.3) is 0 Å². The Morgan fingerprint density at radius 2 is 1.73 bits per heavy atom. The zero-order chi connectivity index (χ0) is 16.5. The van der Waals surface area contributed by atoms with Crippen LogP contribution >= 0.6 is 23.5 Å². The maximum absolute atomic E-state index is 10.9. The van der Waals surface area contributed by atoms with Crippen molar-refractivity contribution in [1.82, 2.24) is 0 Å². The number of rotatable bonds is 8. The van der Waals surface area contributed by atoms with E-state index >= 15 is 0 Å². The van der Waals surface area contributed by atoms with E-state index in [0.717, 1.165) is 35.1 Å². The van der Waals surface area contributed by atoms with E-state index in [9.17, 15) is 4.79 Å². The van der Waals surface area contributed by atoms with Gasteiger partial charge in [-0.2, -0.15) is 0 Å². The van der Waals surface area contributed by atoms with Gasteiger partial charge in [-0.05, 0) is 24.0 Å². The lowest BCUT2D eigenvalue weighted by molar-refractivity contribution is -0.136. The van der Waals surface area contributed by atoms with Crippen LogP contribution in [0.5, 0.6) is 0 Å². The largest absolute Gasteiger partial charge is 0.481 e. The van der Waals surface area contributed by atoms with Gasteiger partial charge >= 0.3 is 5.97 Å². The number of carboxylic acid groups (broad SMARTS) is 1. The molecule has 1 atom stereocenters. The summed E-state index contributed by atoms with van der Waals surface area (Å²) in [5.74, 6) is -0.132. The molecule has 0 fully saturated rings. The Morgan fingerprint density at radius 3 is 2.23 bits per heavy atom. The van der Waals surface area contributed by atoms with Crippen LogP contribution in [0, 0.1) is 10.8 Å². The predicted molar refractivity (Wildman–Crippen MR) is 93.8 cm³/mol. The predicted octanol–water partition coefficient (Wildman–Crippen LogP) is 1.87. The molecule has 8 heteroatoms. The molecular weight excluding hydrogens is 320 g/mol. The molecule has 1 rings (SSSR count). The lowest BCUT2D eigenvalue weighted by atomic mass is 10.0. The summed E-state index contributed by atoms with van der Waals surface area (Å²) >= 11 is 2.39. The minimum absolute atomic E-state index is 0.0265. The summed E-state index contributed by atoms with van der Waals surface area (Å²) in [5.41, 5.74) is 12.8. The van der Waals surface area contributed by atoms with Crippen molar-refractivity contribution in [2.75, 3.05) is 5.75 Å². The van der Waals surface area contributed by atoms with E-state index < -0.39 is 5.97 Å². The Balaban J connectivity index is 2.58. The molecule has 0 aliphatic heterocycles. The van der Waals surface area contributed by atoms with Gasteiger partial charge in [-0.1, -0.05) is 47.8 Å². The van der Waals surface area contributed by atoms with E-state index in [2.05, 4.69) is 0 Å². The molecule has 22 heavy (non-hydrogen) atoms. The molecule has 0 saturated heterocycles. The Kier molecular flexibility index (Phi) is 7.83. The molecule has 0 unspecified atom stereocenters. The van der Waals surface area contributed by atoms with Gasteiger partial charge in [-0.3, -0.25) is 15.6 Å². The summed E-state index contributed by atoms with van der Waals surface area (Å²) in [6, 6.07) is 7.91. The first-order chi connectivity index (χ1) is 10.4. The van der Waals surface area contributed by atoms with Gasteiger partial charge in [0.1, 0.15) is 0 Å². The molecule has 1 aromatic rings. The topological polar surface area (TPSA) is 137 Å². The normalized spacial score (nSPS) is 11.8. The summed E-state index contributed by atoms with van der Waals surface area (Å²) in [7, 11) is 0. The first kappa shape index (κ1) is 18.4. The van der Waals surface area contributed by atoms with Crippen LogP contribution in [0.4, 0.5) is 0 Å². The Bertz CT molecular complexity index is 518. The first-order valence-corrected chi connectivity index (χ1v) is 8.50. The van der Waals surface area contributed by atoms with Crippen molar-refractivity contribution < 1.29 is 9.90 Å². The lowest BCUT2D eigenvalue weighted by Crippen LogP contribution is -2.18. The quantitative estimate of drug-likeness (QED) is 0.362. The van der Waals surface area contributed by atoms with Gasteiger partial charge in [0.2, 0.25) is 0 Å². The molecule has 0 heterocycles. The zero-order valence-electron chi connectivity index (χ0n) is 12.0. The van der Waals surface area contributed by atoms with Gasteiger partial charge in [-0.15, -0.1) is 0 Å². The van der Waals surface area contributed by atoms with Crippen LogP contribution < -0.4 is 11.5 Å². The van der Waals surface area contributed by atoms with Crippen molar-refractivity contribution in [1.29, 1.82) is 10.8 Å². The second-order valence-electron chi connectivity index (χ2n) is 4.69. The standard InChI is InChI=1S/C14H20N4O2S2/c15-13(16)21-6-5-9-1-3-10(4-2-9)7-11(8-12(19)20)22-14(17)18/h1-4,11H,5-8H2,(H3,15,16)(H3,17,18)(H,19,20)/t11-/m0/s1. The smallest absolute Gasteiger partial charge is 0.304 e. The number of amidine groups is 2. The molecule has 6 nitrogen and oxygen atoms in total. The van der Waals surface area contributed by atoms with Gasteiger partial charge < -0.3 is 16.6 Å². The van der Waals surface area contributed by atoms with Gasteiger partial charge in [0.05, 0.1) is 6.42 Å². The lowest BCUT2D eigenvalue weighted by Gasteiger charge is -2.13. The number of carbonyl (C=O) groups is 1. The van der Waals surface area contributed by atoms with Gasteiger partial charge in [0.25, 0.3) is 0 Å². The molecule has 0 bridgehead atoms. The van der Waals surface area contributed by atoms with Gasteiger partial charge in [-0.25, -0.2) is 0 Å². The van der Waals surface area contributed by atoms with E-state index in [0.29, 0.717) is 6.42 Å². The van der Waals surface area contributed by atoms with Crippen LogP contribution in [-0.4, -0.2) is 32.4 Å². The van der Waals surface area contributed by atoms with Crippen molar-refractivity contribution in [3.8, 4) is 0 Å². The third-order valence-electron chi connectivity index (χ3n) is 2.83. The second-order valence-corrected chi connectivity index (χ2v) is 7.16. The molecule has 0 aliphatic rings. The maximum atomic E-state index is 10.9. The van der Waals surface area contributed by atoms with E-state index in [4.69, 9.17) is 27.4 Å². The molecule has 0 spiro atoms. The van der Waals surface area contributed by atoms with Crippen molar-refractivity contribution in [3.05, 3.63) is 35.4 Å². The molecular formula is C14H20N4O2S2. The summed E-state index contributed by atoms with van der Waals surface area (Å²) < 4.78 is 0. The van der Waals surface area contributed by atoms with Crippen LogP contribution in [0.3, 0.4) is 0 Å². The third kappa shape index (κ3) is 7.94. The average Bonchev–Trinajstić information content (AvgIpc) is 2.38. The van der Waals surface area contributed by atoms with Crippen molar-refractivity contribution >= 4 is 39.8 Å². The van der Waals surface area contributed by atoms with Crippen LogP contribution in [0.15, 0.2) is 24.3 Å². The highest BCUT2D eigenvalue weighted by atomic mass is 32.2. The molecule has 0 saturated carbocycles. The third-order valence-corrected chi connectivity index (χ3v) is 4.47. The highest BCUT2D eigenvalue weighted by Gasteiger charge is 2.16. The Morgan fingerprint density at radius 1 is 1.14 bits per heavy atom. The van der Waals surface area contributed by atoms with Crippen LogP contribution in [0.1, 0.15) is 17.5 Å². The number of nitrogens with one attached hydrogen (secondary N) is 2. The molecule has 0 aliphatic carbocycles. The Hall–Kier alpha value is -1.67. The summed E-state index contributed by atoms with van der Waals surface area (Å²) in [6.45, 7) is 0. The molecule has 120 valence electrons. The zero-order valence-corrected chi connectivity index (χ0v) is 13.7. The number of hydrogen-bond donors (Lipinski definition) is 5. The maximum Gasteiger partial charge on any atom is 0.304 e. The van der Waals surface area contributed by atoms with Crippen LogP contribution in [0.2, 0.25) is 0 Å². The molecule has 0 amide bonds. The van der Waals surface area contributed by atoms with Gasteiger partial charge in [0.15, 0.2) is 10.3 Å². The fourth-order valence-corrected chi connectivity index (χ4v) is 3.33. The second kappa shape index (κ2) is 9.37. The number of aryl methyl sites for hydroxylation is 1. The monoisotopic (exact) mass is 340 g/mol. The minimum Gasteiger partial charge on any atom is -0.481 e. The number of thioether (sulfide) groups is 2. The van der Waals surface area contributed by atoms with Crippen LogP contribution in [-0.2, 0) is 17.6 Å². The average molecular weight is 340 g/mol. The summed E-state index contributed by atoms with van der Waals surface area (Å²) in [4.78, 5) is 10.9. The highest BCUT2D eigenvalue weighted by Crippen LogP contribution is 2.20. The highest BCUT2D eigenvalue weighted by molar-refractivity contribution is 8.14. The minimum atomic E-state index is -0.892. The number of aliphatic carboxylic acids is 1. The van der Waals surface area contributed by atoms with E-state index in [-0.39, 0.29) is 22.0 Å². The van der Waals surface area contributed by atoms with Crippen molar-refractivity contribution in [2.45, 2.75) is 24.5 Å². The van der Waals surface area contributed by atoms with Crippen molar-refractivity contribution in [3.63, 3.8) is 0 Å². The molecule has 0 aromatic heterocycles. The molecule has 7 N–H and O–H groups in total. The van der Waals surface area contributed by atoms with E-state index in [1.54, 1.807) is 0 Å². The van der Waals surface area contributed by atoms with E-state index in [1.807, 2.05) is 24.3 Å². The molecule has 0 radical (unpaired) electrons. The number of hydrogen-bond acceptors (Lipinski definition) is 5. The number of carboxylic acids is 1. The first-order valence-electron chi connectivity index (χ1n) is 6.64. The van der Waals surface area contributed by atoms with Crippen molar-refractivity contribution in [2.24, 2.45) is 11.5 Å².